The molecule has 1 heterocycles. The van der Waals surface area contributed by atoms with Crippen molar-refractivity contribution < 1.29 is 0 Å². The third-order valence-corrected chi connectivity index (χ3v) is 3.91. The molecule has 1 aromatic carbocycles. The Labute approximate surface area is 107 Å². The van der Waals surface area contributed by atoms with E-state index in [0.29, 0.717) is 6.42 Å². The normalized spacial score (nSPS) is 10.1. The predicted octanol–water partition coefficient (Wildman–Crippen LogP) is 3.95. The zero-order chi connectivity index (χ0) is 11.5. The standard InChI is InChI=1S/C12H9BrN2S/c1-8-12(16-11(15-8)6-7-14)9-2-4-10(13)5-3-9/h2-5H,6H2,1H3. The summed E-state index contributed by atoms with van der Waals surface area (Å²) in [5.74, 6) is 0. The van der Waals surface area contributed by atoms with E-state index in [-0.39, 0.29) is 0 Å². The second kappa shape index (κ2) is 4.77. The molecule has 0 saturated heterocycles. The average molecular weight is 293 g/mol. The number of thiazole rings is 1. The summed E-state index contributed by atoms with van der Waals surface area (Å²) in [6, 6.07) is 10.3. The molecule has 2 aromatic rings. The van der Waals surface area contributed by atoms with Crippen LogP contribution in [0.5, 0.6) is 0 Å². The van der Waals surface area contributed by atoms with E-state index in [2.05, 4.69) is 39.1 Å². The highest BCUT2D eigenvalue weighted by molar-refractivity contribution is 9.10. The maximum Gasteiger partial charge on any atom is 0.108 e. The van der Waals surface area contributed by atoms with Crippen molar-refractivity contribution in [2.24, 2.45) is 0 Å². The van der Waals surface area contributed by atoms with Gasteiger partial charge in [0.25, 0.3) is 0 Å². The molecule has 0 aliphatic rings. The first kappa shape index (κ1) is 11.3. The van der Waals surface area contributed by atoms with Crippen LogP contribution in [0.1, 0.15) is 10.7 Å². The second-order valence-corrected chi connectivity index (χ2v) is 5.36. The van der Waals surface area contributed by atoms with Crippen LogP contribution in [0.25, 0.3) is 10.4 Å². The van der Waals surface area contributed by atoms with Gasteiger partial charge < -0.3 is 0 Å². The van der Waals surface area contributed by atoms with Gasteiger partial charge in [0.1, 0.15) is 5.01 Å². The molecular weight excluding hydrogens is 284 g/mol. The molecular formula is C12H9BrN2S. The van der Waals surface area contributed by atoms with E-state index in [0.717, 1.165) is 25.6 Å². The Bertz CT molecular complexity index is 537. The van der Waals surface area contributed by atoms with Crippen LogP contribution in [0.4, 0.5) is 0 Å². The van der Waals surface area contributed by atoms with Crippen molar-refractivity contribution in [2.45, 2.75) is 13.3 Å². The van der Waals surface area contributed by atoms with Gasteiger partial charge in [-0.1, -0.05) is 28.1 Å². The van der Waals surface area contributed by atoms with Crippen LogP contribution in [0, 0.1) is 18.3 Å². The number of nitriles is 1. The summed E-state index contributed by atoms with van der Waals surface area (Å²) in [7, 11) is 0. The van der Waals surface area contributed by atoms with E-state index >= 15 is 0 Å². The van der Waals surface area contributed by atoms with Crippen molar-refractivity contribution in [1.82, 2.24) is 4.98 Å². The monoisotopic (exact) mass is 292 g/mol. The molecule has 2 rings (SSSR count). The van der Waals surface area contributed by atoms with Crippen molar-refractivity contribution in [3.63, 3.8) is 0 Å². The lowest BCUT2D eigenvalue weighted by molar-refractivity contribution is 1.14. The minimum atomic E-state index is 0.391. The molecule has 0 bridgehead atoms. The van der Waals surface area contributed by atoms with E-state index in [4.69, 9.17) is 5.26 Å². The number of halogens is 1. The SMILES string of the molecule is Cc1nc(CC#N)sc1-c1ccc(Br)cc1. The third-order valence-electron chi connectivity index (χ3n) is 2.18. The maximum absolute atomic E-state index is 8.64. The molecule has 0 aliphatic carbocycles. The zero-order valence-corrected chi connectivity index (χ0v) is 11.1. The van der Waals surface area contributed by atoms with Crippen molar-refractivity contribution in [3.8, 4) is 16.5 Å². The average Bonchev–Trinajstić information content (AvgIpc) is 2.61. The number of aryl methyl sites for hydroxylation is 1. The van der Waals surface area contributed by atoms with Crippen LogP contribution in [0.3, 0.4) is 0 Å². The number of benzene rings is 1. The second-order valence-electron chi connectivity index (χ2n) is 3.36. The molecule has 0 amide bonds. The van der Waals surface area contributed by atoms with Crippen LogP contribution in [0.15, 0.2) is 28.7 Å². The smallest absolute Gasteiger partial charge is 0.108 e. The summed E-state index contributed by atoms with van der Waals surface area (Å²) in [5, 5.41) is 9.52. The Morgan fingerprint density at radius 2 is 2.06 bits per heavy atom. The Balaban J connectivity index is 2.40. The van der Waals surface area contributed by atoms with Gasteiger partial charge >= 0.3 is 0 Å². The van der Waals surface area contributed by atoms with E-state index in [1.165, 1.54) is 0 Å². The van der Waals surface area contributed by atoms with Gasteiger partial charge in [0.2, 0.25) is 0 Å². The maximum atomic E-state index is 8.64. The first-order valence-corrected chi connectivity index (χ1v) is 6.41. The molecule has 0 spiro atoms. The Morgan fingerprint density at radius 1 is 1.38 bits per heavy atom. The van der Waals surface area contributed by atoms with Gasteiger partial charge in [-0.2, -0.15) is 5.26 Å². The number of rotatable bonds is 2. The number of hydrogen-bond acceptors (Lipinski definition) is 3. The first-order valence-electron chi connectivity index (χ1n) is 4.80. The molecule has 0 atom stereocenters. The summed E-state index contributed by atoms with van der Waals surface area (Å²) < 4.78 is 1.07. The van der Waals surface area contributed by atoms with Gasteiger partial charge in [-0.05, 0) is 24.6 Å². The van der Waals surface area contributed by atoms with Gasteiger partial charge in [0.05, 0.1) is 23.1 Å². The number of hydrogen-bond donors (Lipinski definition) is 0. The molecule has 2 nitrogen and oxygen atoms in total. The Kier molecular flexibility index (Phi) is 3.37. The highest BCUT2D eigenvalue weighted by atomic mass is 79.9. The summed E-state index contributed by atoms with van der Waals surface area (Å²) in [6.45, 7) is 1.98. The van der Waals surface area contributed by atoms with Crippen molar-refractivity contribution >= 4 is 27.3 Å². The van der Waals surface area contributed by atoms with Gasteiger partial charge in [-0.25, -0.2) is 4.98 Å². The fourth-order valence-corrected chi connectivity index (χ4v) is 2.73. The van der Waals surface area contributed by atoms with Gasteiger partial charge in [-0.3, -0.25) is 0 Å². The van der Waals surface area contributed by atoms with Crippen LogP contribution >= 0.6 is 27.3 Å². The lowest BCUT2D eigenvalue weighted by Gasteiger charge is -1.98. The number of nitrogens with zero attached hydrogens (tertiary/aromatic N) is 2. The molecule has 0 radical (unpaired) electrons. The molecule has 0 N–H and O–H groups in total. The van der Waals surface area contributed by atoms with Crippen molar-refractivity contribution in [3.05, 3.63) is 39.4 Å². The minimum Gasteiger partial charge on any atom is -0.245 e. The van der Waals surface area contributed by atoms with E-state index in [1.54, 1.807) is 11.3 Å². The fourth-order valence-electron chi connectivity index (χ4n) is 1.46. The van der Waals surface area contributed by atoms with Gasteiger partial charge in [0.15, 0.2) is 0 Å². The highest BCUT2D eigenvalue weighted by Crippen LogP contribution is 2.30. The third kappa shape index (κ3) is 2.31. The Hall–Kier alpha value is -1.18. The van der Waals surface area contributed by atoms with Gasteiger partial charge in [-0.15, -0.1) is 11.3 Å². The van der Waals surface area contributed by atoms with E-state index in [1.807, 2.05) is 19.1 Å². The molecule has 0 aliphatic heterocycles. The van der Waals surface area contributed by atoms with Crippen molar-refractivity contribution in [1.29, 1.82) is 5.26 Å². The first-order chi connectivity index (χ1) is 7.70. The topological polar surface area (TPSA) is 36.7 Å². The molecule has 16 heavy (non-hydrogen) atoms. The van der Waals surface area contributed by atoms with Crippen LogP contribution in [-0.4, -0.2) is 4.98 Å². The van der Waals surface area contributed by atoms with E-state index < -0.39 is 0 Å². The molecule has 4 heteroatoms. The highest BCUT2D eigenvalue weighted by Gasteiger charge is 2.09. The lowest BCUT2D eigenvalue weighted by Crippen LogP contribution is -1.79. The molecule has 1 aromatic heterocycles. The molecule has 0 fully saturated rings. The summed E-state index contributed by atoms with van der Waals surface area (Å²) in [4.78, 5) is 5.53. The fraction of sp³-hybridized carbons (Fsp3) is 0.167. The minimum absolute atomic E-state index is 0.391. The van der Waals surface area contributed by atoms with Crippen LogP contribution in [0.2, 0.25) is 0 Å². The van der Waals surface area contributed by atoms with Crippen LogP contribution in [-0.2, 0) is 6.42 Å². The van der Waals surface area contributed by atoms with Crippen LogP contribution < -0.4 is 0 Å². The molecule has 80 valence electrons. The quantitative estimate of drug-likeness (QED) is 0.840. The zero-order valence-electron chi connectivity index (χ0n) is 8.70. The summed E-state index contributed by atoms with van der Waals surface area (Å²) >= 11 is 5.01. The molecule has 0 saturated carbocycles. The largest absolute Gasteiger partial charge is 0.245 e. The van der Waals surface area contributed by atoms with E-state index in [9.17, 15) is 0 Å². The number of aromatic nitrogens is 1. The summed E-state index contributed by atoms with van der Waals surface area (Å²) in [6.07, 6.45) is 0.391. The van der Waals surface area contributed by atoms with Gasteiger partial charge in [0, 0.05) is 4.47 Å². The lowest BCUT2D eigenvalue weighted by atomic mass is 10.2. The predicted molar refractivity (Wildman–Crippen MR) is 69.3 cm³/mol. The van der Waals surface area contributed by atoms with Crippen molar-refractivity contribution in [2.75, 3.05) is 0 Å². The summed E-state index contributed by atoms with van der Waals surface area (Å²) in [5.41, 5.74) is 2.15. The molecule has 0 unspecified atom stereocenters. The Morgan fingerprint density at radius 3 is 2.69 bits per heavy atom.